The Morgan fingerprint density at radius 1 is 1.10 bits per heavy atom. The van der Waals surface area contributed by atoms with E-state index in [9.17, 15) is 9.59 Å². The molecule has 2 aromatic rings. The number of ether oxygens (including phenoxy) is 2. The lowest BCUT2D eigenvalue weighted by Crippen LogP contribution is -2.40. The van der Waals surface area contributed by atoms with Crippen molar-refractivity contribution in [3.8, 4) is 5.75 Å². The molecule has 162 valence electrons. The SMILES string of the molecule is COC(=O)c1c(C)[nH]c(C(=O)NC[C@@H](c2ccc(OC)cc2)N2CCCCC2)c1C. The zero-order valence-corrected chi connectivity index (χ0v) is 18.2. The summed E-state index contributed by atoms with van der Waals surface area (Å²) in [4.78, 5) is 30.4. The predicted molar refractivity (Wildman–Crippen MR) is 115 cm³/mol. The monoisotopic (exact) mass is 413 g/mol. The van der Waals surface area contributed by atoms with Crippen LogP contribution >= 0.6 is 0 Å². The first kappa shape index (κ1) is 21.9. The van der Waals surface area contributed by atoms with Crippen molar-refractivity contribution in [1.29, 1.82) is 0 Å². The molecule has 7 nitrogen and oxygen atoms in total. The Morgan fingerprint density at radius 3 is 2.37 bits per heavy atom. The summed E-state index contributed by atoms with van der Waals surface area (Å²) in [5, 5.41) is 3.07. The number of aromatic amines is 1. The normalized spacial score (nSPS) is 15.5. The summed E-state index contributed by atoms with van der Waals surface area (Å²) in [5.41, 5.74) is 3.21. The molecule has 1 amide bonds. The highest BCUT2D eigenvalue weighted by atomic mass is 16.5. The van der Waals surface area contributed by atoms with Gasteiger partial charge in [-0.3, -0.25) is 9.69 Å². The number of aryl methyl sites for hydroxylation is 1. The first-order chi connectivity index (χ1) is 14.5. The number of amides is 1. The third-order valence-electron chi connectivity index (χ3n) is 5.84. The number of nitrogens with one attached hydrogen (secondary N) is 2. The highest BCUT2D eigenvalue weighted by molar-refractivity contribution is 6.00. The Balaban J connectivity index is 1.78. The standard InChI is InChI=1S/C23H31N3O4/c1-15-20(23(28)30-4)16(2)25-21(15)22(27)24-14-19(26-12-6-5-7-13-26)17-8-10-18(29-3)11-9-17/h8-11,19,25H,5-7,12-14H2,1-4H3,(H,24,27)/t19-/m0/s1. The van der Waals surface area contributed by atoms with Gasteiger partial charge in [-0.2, -0.15) is 0 Å². The Morgan fingerprint density at radius 2 is 1.77 bits per heavy atom. The second-order valence-electron chi connectivity index (χ2n) is 7.71. The number of methoxy groups -OCH3 is 2. The summed E-state index contributed by atoms with van der Waals surface area (Å²) in [7, 11) is 2.99. The van der Waals surface area contributed by atoms with Crippen LogP contribution in [0.25, 0.3) is 0 Å². The van der Waals surface area contributed by atoms with E-state index in [4.69, 9.17) is 9.47 Å². The van der Waals surface area contributed by atoms with Crippen LogP contribution in [-0.2, 0) is 4.74 Å². The maximum atomic E-state index is 12.9. The van der Waals surface area contributed by atoms with Crippen LogP contribution in [0.4, 0.5) is 0 Å². The van der Waals surface area contributed by atoms with Crippen LogP contribution in [0.5, 0.6) is 5.75 Å². The predicted octanol–water partition coefficient (Wildman–Crippen LogP) is 3.38. The van der Waals surface area contributed by atoms with E-state index < -0.39 is 5.97 Å². The van der Waals surface area contributed by atoms with Crippen molar-refractivity contribution in [1.82, 2.24) is 15.2 Å². The number of likely N-dealkylation sites (tertiary alicyclic amines) is 1. The fourth-order valence-electron chi connectivity index (χ4n) is 4.18. The van der Waals surface area contributed by atoms with Gasteiger partial charge >= 0.3 is 5.97 Å². The van der Waals surface area contributed by atoms with Crippen molar-refractivity contribution in [2.75, 3.05) is 33.9 Å². The number of rotatable bonds is 7. The van der Waals surface area contributed by atoms with Crippen LogP contribution in [-0.4, -0.2) is 55.6 Å². The molecule has 0 spiro atoms. The summed E-state index contributed by atoms with van der Waals surface area (Å²) in [5.74, 6) is 0.152. The minimum Gasteiger partial charge on any atom is -0.497 e. The van der Waals surface area contributed by atoms with E-state index in [-0.39, 0.29) is 11.9 Å². The summed E-state index contributed by atoms with van der Waals surface area (Å²) in [6, 6.07) is 8.11. The van der Waals surface area contributed by atoms with Gasteiger partial charge in [0.05, 0.1) is 25.8 Å². The van der Waals surface area contributed by atoms with Gasteiger partial charge in [0.25, 0.3) is 5.91 Å². The zero-order valence-electron chi connectivity index (χ0n) is 18.2. The van der Waals surface area contributed by atoms with Gasteiger partial charge in [-0.15, -0.1) is 0 Å². The quantitative estimate of drug-likeness (QED) is 0.680. The number of hydrogen-bond donors (Lipinski definition) is 2. The largest absolute Gasteiger partial charge is 0.497 e. The topological polar surface area (TPSA) is 83.7 Å². The van der Waals surface area contributed by atoms with Crippen LogP contribution in [0.2, 0.25) is 0 Å². The Bertz CT molecular complexity index is 883. The van der Waals surface area contributed by atoms with Crippen molar-refractivity contribution < 1.29 is 19.1 Å². The first-order valence-corrected chi connectivity index (χ1v) is 10.4. The van der Waals surface area contributed by atoms with Gasteiger partial charge < -0.3 is 19.8 Å². The minimum absolute atomic E-state index is 0.0802. The van der Waals surface area contributed by atoms with E-state index in [2.05, 4.69) is 27.3 Å². The summed E-state index contributed by atoms with van der Waals surface area (Å²) >= 11 is 0. The molecule has 30 heavy (non-hydrogen) atoms. The van der Waals surface area contributed by atoms with E-state index in [0.717, 1.165) is 37.2 Å². The maximum absolute atomic E-state index is 12.9. The molecule has 1 aromatic carbocycles. The molecule has 2 N–H and O–H groups in total. The number of hydrogen-bond acceptors (Lipinski definition) is 5. The van der Waals surface area contributed by atoms with Crippen molar-refractivity contribution in [3.63, 3.8) is 0 Å². The highest BCUT2D eigenvalue weighted by Gasteiger charge is 2.26. The third-order valence-corrected chi connectivity index (χ3v) is 5.84. The minimum atomic E-state index is -0.440. The number of H-pyrrole nitrogens is 1. The number of carbonyl (C=O) groups is 2. The molecule has 0 aliphatic carbocycles. The molecule has 1 atom stereocenters. The number of benzene rings is 1. The first-order valence-electron chi connectivity index (χ1n) is 10.4. The number of aromatic nitrogens is 1. The number of carbonyl (C=O) groups excluding carboxylic acids is 2. The molecule has 1 aromatic heterocycles. The van der Waals surface area contributed by atoms with Crippen LogP contribution in [0, 0.1) is 13.8 Å². The maximum Gasteiger partial charge on any atom is 0.339 e. The molecule has 1 aliphatic rings. The van der Waals surface area contributed by atoms with Crippen LogP contribution in [0.15, 0.2) is 24.3 Å². The highest BCUT2D eigenvalue weighted by Crippen LogP contribution is 2.26. The van der Waals surface area contributed by atoms with Crippen LogP contribution in [0.1, 0.15) is 63.0 Å². The molecule has 2 heterocycles. The van der Waals surface area contributed by atoms with Gasteiger partial charge in [-0.1, -0.05) is 18.6 Å². The second kappa shape index (κ2) is 9.80. The molecule has 1 saturated heterocycles. The molecule has 1 fully saturated rings. The summed E-state index contributed by atoms with van der Waals surface area (Å²) < 4.78 is 10.1. The lowest BCUT2D eigenvalue weighted by molar-refractivity contribution is 0.0599. The van der Waals surface area contributed by atoms with Crippen LogP contribution in [0.3, 0.4) is 0 Å². The third kappa shape index (κ3) is 4.67. The van der Waals surface area contributed by atoms with Gasteiger partial charge in [-0.25, -0.2) is 4.79 Å². The van der Waals surface area contributed by atoms with Gasteiger partial charge in [0.15, 0.2) is 0 Å². The van der Waals surface area contributed by atoms with Gasteiger partial charge in [0.2, 0.25) is 0 Å². The van der Waals surface area contributed by atoms with Crippen LogP contribution < -0.4 is 10.1 Å². The van der Waals surface area contributed by atoms with E-state index in [1.54, 1.807) is 21.0 Å². The molecule has 7 heteroatoms. The summed E-state index contributed by atoms with van der Waals surface area (Å²) in [6.07, 6.45) is 3.57. The Hall–Kier alpha value is -2.80. The van der Waals surface area contributed by atoms with Crippen molar-refractivity contribution in [2.24, 2.45) is 0 Å². The number of nitrogens with zero attached hydrogens (tertiary/aromatic N) is 1. The Labute approximate surface area is 177 Å². The lowest BCUT2D eigenvalue weighted by Gasteiger charge is -2.35. The fourth-order valence-corrected chi connectivity index (χ4v) is 4.18. The van der Waals surface area contributed by atoms with Gasteiger partial charge in [-0.05, 0) is 63.0 Å². The number of esters is 1. The van der Waals surface area contributed by atoms with Crippen molar-refractivity contribution in [2.45, 2.75) is 39.2 Å². The van der Waals surface area contributed by atoms with Gasteiger partial charge in [0.1, 0.15) is 11.4 Å². The number of piperidine rings is 1. The van der Waals surface area contributed by atoms with E-state index in [1.165, 1.54) is 13.5 Å². The van der Waals surface area contributed by atoms with E-state index >= 15 is 0 Å². The molecule has 0 saturated carbocycles. The molecule has 0 bridgehead atoms. The smallest absolute Gasteiger partial charge is 0.339 e. The van der Waals surface area contributed by atoms with E-state index in [1.807, 2.05) is 12.1 Å². The average molecular weight is 414 g/mol. The van der Waals surface area contributed by atoms with Gasteiger partial charge in [0, 0.05) is 12.2 Å². The molecule has 0 unspecified atom stereocenters. The lowest BCUT2D eigenvalue weighted by atomic mass is 10.0. The summed E-state index contributed by atoms with van der Waals surface area (Å²) in [6.45, 7) is 6.04. The molecule has 0 radical (unpaired) electrons. The molecular weight excluding hydrogens is 382 g/mol. The van der Waals surface area contributed by atoms with E-state index in [0.29, 0.717) is 29.1 Å². The zero-order chi connectivity index (χ0) is 21.7. The Kier molecular flexibility index (Phi) is 7.15. The molecule has 3 rings (SSSR count). The average Bonchev–Trinajstić information content (AvgIpc) is 3.08. The molecule has 1 aliphatic heterocycles. The van der Waals surface area contributed by atoms with Crippen molar-refractivity contribution in [3.05, 3.63) is 52.3 Å². The molecular formula is C23H31N3O4. The second-order valence-corrected chi connectivity index (χ2v) is 7.71. The fraction of sp³-hybridized carbons (Fsp3) is 0.478. The van der Waals surface area contributed by atoms with Crippen molar-refractivity contribution >= 4 is 11.9 Å².